The average molecular weight is 365 g/mol. The second kappa shape index (κ2) is 7.44. The Kier molecular flexibility index (Phi) is 4.85. The minimum absolute atomic E-state index is 0.541. The van der Waals surface area contributed by atoms with Gasteiger partial charge in [-0.25, -0.2) is 9.97 Å². The van der Waals surface area contributed by atoms with Crippen LogP contribution in [-0.2, 0) is 16.8 Å². The molecular weight excluding hydrogens is 342 g/mol. The van der Waals surface area contributed by atoms with E-state index in [0.717, 1.165) is 43.0 Å². The summed E-state index contributed by atoms with van der Waals surface area (Å²) in [6, 6.07) is 12.1. The highest BCUT2D eigenvalue weighted by Crippen LogP contribution is 2.36. The largest absolute Gasteiger partial charge is 0.368 e. The molecule has 140 valence electrons. The normalized spacial score (nSPS) is 16.4. The van der Waals surface area contributed by atoms with Gasteiger partial charge in [-0.15, -0.1) is 0 Å². The Morgan fingerprint density at radius 2 is 1.93 bits per heavy atom. The Balaban J connectivity index is 1.48. The summed E-state index contributed by atoms with van der Waals surface area (Å²) in [5, 5.41) is 4.17. The van der Waals surface area contributed by atoms with Crippen molar-refractivity contribution in [3.05, 3.63) is 65.7 Å². The highest BCUT2D eigenvalue weighted by Gasteiger charge is 2.41. The lowest BCUT2D eigenvalue weighted by atomic mass is 9.91. The van der Waals surface area contributed by atoms with E-state index in [-0.39, 0.29) is 0 Å². The molecule has 1 fully saturated rings. The fourth-order valence-electron chi connectivity index (χ4n) is 3.50. The van der Waals surface area contributed by atoms with Gasteiger partial charge in [-0.1, -0.05) is 35.5 Å². The SMILES string of the molecule is COC1(c2nc(Cc3ccccc3)no2)CCN(c2cc(C)ncn2)CC1. The van der Waals surface area contributed by atoms with Crippen molar-refractivity contribution in [3.8, 4) is 0 Å². The van der Waals surface area contributed by atoms with Gasteiger partial charge in [0.2, 0.25) is 0 Å². The molecule has 0 aliphatic carbocycles. The number of anilines is 1. The molecule has 0 amide bonds. The van der Waals surface area contributed by atoms with Crippen molar-refractivity contribution in [1.29, 1.82) is 0 Å². The van der Waals surface area contributed by atoms with Crippen LogP contribution < -0.4 is 4.90 Å². The van der Waals surface area contributed by atoms with E-state index in [4.69, 9.17) is 9.26 Å². The lowest BCUT2D eigenvalue weighted by Crippen LogP contribution is -2.44. The number of piperidine rings is 1. The van der Waals surface area contributed by atoms with Crippen LogP contribution in [0.1, 0.15) is 35.8 Å². The highest BCUT2D eigenvalue weighted by atomic mass is 16.5. The number of rotatable bonds is 5. The lowest BCUT2D eigenvalue weighted by Gasteiger charge is -2.38. The first-order valence-electron chi connectivity index (χ1n) is 9.14. The van der Waals surface area contributed by atoms with Gasteiger partial charge in [-0.2, -0.15) is 4.98 Å². The molecule has 0 spiro atoms. The molecule has 1 aromatic carbocycles. The number of nitrogens with zero attached hydrogens (tertiary/aromatic N) is 5. The summed E-state index contributed by atoms with van der Waals surface area (Å²) in [6.07, 6.45) is 3.78. The molecule has 0 radical (unpaired) electrons. The first kappa shape index (κ1) is 17.6. The molecule has 1 saturated heterocycles. The minimum atomic E-state index is -0.541. The van der Waals surface area contributed by atoms with Crippen LogP contribution in [0.4, 0.5) is 5.82 Å². The third-order valence-electron chi connectivity index (χ3n) is 5.14. The van der Waals surface area contributed by atoms with Gasteiger partial charge in [0, 0.05) is 51.2 Å². The van der Waals surface area contributed by atoms with E-state index in [1.165, 1.54) is 0 Å². The smallest absolute Gasteiger partial charge is 0.259 e. The first-order chi connectivity index (χ1) is 13.2. The minimum Gasteiger partial charge on any atom is -0.368 e. The number of hydrogen-bond donors (Lipinski definition) is 0. The zero-order valence-electron chi connectivity index (χ0n) is 15.6. The van der Waals surface area contributed by atoms with Gasteiger partial charge in [0.25, 0.3) is 5.89 Å². The van der Waals surface area contributed by atoms with Gasteiger partial charge in [-0.3, -0.25) is 0 Å². The van der Waals surface area contributed by atoms with Crippen LogP contribution >= 0.6 is 0 Å². The summed E-state index contributed by atoms with van der Waals surface area (Å²) in [6.45, 7) is 3.59. The molecule has 2 aromatic heterocycles. The van der Waals surface area contributed by atoms with Gasteiger partial charge >= 0.3 is 0 Å². The molecule has 0 unspecified atom stereocenters. The average Bonchev–Trinajstić information content (AvgIpc) is 3.18. The molecule has 1 aliphatic heterocycles. The maximum Gasteiger partial charge on any atom is 0.259 e. The molecule has 0 atom stereocenters. The summed E-state index contributed by atoms with van der Waals surface area (Å²) >= 11 is 0. The van der Waals surface area contributed by atoms with Gasteiger partial charge in [0.1, 0.15) is 17.7 Å². The first-order valence-corrected chi connectivity index (χ1v) is 9.14. The summed E-state index contributed by atoms with van der Waals surface area (Å²) < 4.78 is 11.5. The number of methoxy groups -OCH3 is 1. The topological polar surface area (TPSA) is 77.2 Å². The van der Waals surface area contributed by atoms with E-state index in [9.17, 15) is 0 Å². The van der Waals surface area contributed by atoms with Crippen molar-refractivity contribution in [1.82, 2.24) is 20.1 Å². The molecule has 0 N–H and O–H groups in total. The number of ether oxygens (including phenoxy) is 1. The van der Waals surface area contributed by atoms with E-state index in [2.05, 4.69) is 37.1 Å². The van der Waals surface area contributed by atoms with Gasteiger partial charge in [0.15, 0.2) is 5.82 Å². The zero-order chi connectivity index (χ0) is 18.7. The number of aromatic nitrogens is 4. The van der Waals surface area contributed by atoms with Crippen molar-refractivity contribution in [2.24, 2.45) is 0 Å². The summed E-state index contributed by atoms with van der Waals surface area (Å²) in [4.78, 5) is 15.4. The Hall–Kier alpha value is -2.80. The number of hydrogen-bond acceptors (Lipinski definition) is 7. The Morgan fingerprint density at radius 1 is 1.15 bits per heavy atom. The quantitative estimate of drug-likeness (QED) is 0.688. The van der Waals surface area contributed by atoms with Crippen LogP contribution in [0.25, 0.3) is 0 Å². The molecule has 7 nitrogen and oxygen atoms in total. The fraction of sp³-hybridized carbons (Fsp3) is 0.400. The van der Waals surface area contributed by atoms with E-state index >= 15 is 0 Å². The Bertz CT molecular complexity index is 888. The highest BCUT2D eigenvalue weighted by molar-refractivity contribution is 5.39. The molecule has 3 heterocycles. The van der Waals surface area contributed by atoms with Crippen molar-refractivity contribution in [2.45, 2.75) is 31.8 Å². The van der Waals surface area contributed by atoms with Gasteiger partial charge in [0.05, 0.1) is 0 Å². The van der Waals surface area contributed by atoms with Crippen molar-refractivity contribution >= 4 is 5.82 Å². The van der Waals surface area contributed by atoms with E-state index < -0.39 is 5.60 Å². The zero-order valence-corrected chi connectivity index (χ0v) is 15.6. The van der Waals surface area contributed by atoms with Crippen molar-refractivity contribution < 1.29 is 9.26 Å². The summed E-state index contributed by atoms with van der Waals surface area (Å²) in [7, 11) is 1.71. The van der Waals surface area contributed by atoms with E-state index in [1.54, 1.807) is 13.4 Å². The molecule has 7 heteroatoms. The number of benzene rings is 1. The predicted molar refractivity (Wildman–Crippen MR) is 100 cm³/mol. The Labute approximate surface area is 158 Å². The second-order valence-corrected chi connectivity index (χ2v) is 6.88. The molecule has 1 aliphatic rings. The predicted octanol–water partition coefficient (Wildman–Crippen LogP) is 2.90. The van der Waals surface area contributed by atoms with E-state index in [1.807, 2.05) is 31.2 Å². The summed E-state index contributed by atoms with van der Waals surface area (Å²) in [5.41, 5.74) is 1.58. The molecule has 3 aromatic rings. The van der Waals surface area contributed by atoms with Crippen LogP contribution in [0, 0.1) is 6.92 Å². The van der Waals surface area contributed by atoms with Gasteiger partial charge in [-0.05, 0) is 12.5 Å². The van der Waals surface area contributed by atoms with Crippen molar-refractivity contribution in [3.63, 3.8) is 0 Å². The molecule has 0 bridgehead atoms. The maximum absolute atomic E-state index is 5.88. The lowest BCUT2D eigenvalue weighted by molar-refractivity contribution is -0.0582. The summed E-state index contributed by atoms with van der Waals surface area (Å²) in [5.74, 6) is 2.19. The van der Waals surface area contributed by atoms with Crippen LogP contribution in [0.15, 0.2) is 47.2 Å². The third kappa shape index (κ3) is 3.68. The Morgan fingerprint density at radius 3 is 2.63 bits per heavy atom. The molecule has 27 heavy (non-hydrogen) atoms. The van der Waals surface area contributed by atoms with Crippen LogP contribution in [0.2, 0.25) is 0 Å². The van der Waals surface area contributed by atoms with Crippen LogP contribution in [0.3, 0.4) is 0 Å². The maximum atomic E-state index is 5.88. The number of aryl methyl sites for hydroxylation is 1. The third-order valence-corrected chi connectivity index (χ3v) is 5.14. The molecule has 4 rings (SSSR count). The van der Waals surface area contributed by atoms with Crippen molar-refractivity contribution in [2.75, 3.05) is 25.1 Å². The van der Waals surface area contributed by atoms with Crippen LogP contribution in [0.5, 0.6) is 0 Å². The molecular formula is C20H23N5O2. The fourth-order valence-corrected chi connectivity index (χ4v) is 3.50. The van der Waals surface area contributed by atoms with Crippen LogP contribution in [-0.4, -0.2) is 40.3 Å². The molecule has 0 saturated carbocycles. The second-order valence-electron chi connectivity index (χ2n) is 6.88. The monoisotopic (exact) mass is 365 g/mol. The van der Waals surface area contributed by atoms with E-state index in [0.29, 0.717) is 18.1 Å². The van der Waals surface area contributed by atoms with Gasteiger partial charge < -0.3 is 14.2 Å². The standard InChI is InChI=1S/C20H23N5O2/c1-15-12-18(22-14-21-15)25-10-8-20(26-2,9-11-25)19-23-17(24-27-19)13-16-6-4-3-5-7-16/h3-7,12,14H,8-11,13H2,1-2H3.